The van der Waals surface area contributed by atoms with E-state index >= 15 is 0 Å². The quantitative estimate of drug-likeness (QED) is 0.573. The zero-order valence-corrected chi connectivity index (χ0v) is 10.3. The van der Waals surface area contributed by atoms with Crippen molar-refractivity contribution in [3.63, 3.8) is 0 Å². The first-order valence-corrected chi connectivity index (χ1v) is 6.15. The van der Waals surface area contributed by atoms with Crippen molar-refractivity contribution in [1.29, 1.82) is 0 Å². The van der Waals surface area contributed by atoms with Gasteiger partial charge >= 0.3 is 0 Å². The van der Waals surface area contributed by atoms with Gasteiger partial charge in [0.05, 0.1) is 0 Å². The molecule has 14 heavy (non-hydrogen) atoms. The molecule has 2 fully saturated rings. The molecule has 0 amide bonds. The van der Waals surface area contributed by atoms with Gasteiger partial charge in [-0.25, -0.2) is 0 Å². The highest BCUT2D eigenvalue weighted by molar-refractivity contribution is 5.02. The van der Waals surface area contributed by atoms with Gasteiger partial charge in [-0.3, -0.25) is 0 Å². The first-order chi connectivity index (χ1) is 6.44. The van der Waals surface area contributed by atoms with Gasteiger partial charge in [0, 0.05) is 5.54 Å². The first-order valence-electron chi connectivity index (χ1n) is 6.15. The van der Waals surface area contributed by atoms with Gasteiger partial charge < -0.3 is 4.90 Å². The van der Waals surface area contributed by atoms with E-state index in [4.69, 9.17) is 0 Å². The molecule has 0 N–H and O–H groups in total. The summed E-state index contributed by atoms with van der Waals surface area (Å²) in [6.45, 7) is 8.56. The molecule has 2 aliphatic rings. The third-order valence-electron chi connectivity index (χ3n) is 4.76. The van der Waals surface area contributed by atoms with Crippen molar-refractivity contribution in [2.24, 2.45) is 11.3 Å². The van der Waals surface area contributed by atoms with Crippen LogP contribution in [-0.2, 0) is 0 Å². The summed E-state index contributed by atoms with van der Waals surface area (Å²) in [5.74, 6) is 0.944. The minimum atomic E-state index is 0.518. The number of hydrogen-bond acceptors (Lipinski definition) is 1. The fourth-order valence-electron chi connectivity index (χ4n) is 3.21. The molecule has 1 atom stereocenters. The Kier molecular flexibility index (Phi) is 2.42. The van der Waals surface area contributed by atoms with E-state index in [1.807, 2.05) is 0 Å². The van der Waals surface area contributed by atoms with Crippen molar-refractivity contribution in [2.45, 2.75) is 58.4 Å². The Balaban J connectivity index is 2.06. The van der Waals surface area contributed by atoms with Crippen molar-refractivity contribution in [3.8, 4) is 0 Å². The summed E-state index contributed by atoms with van der Waals surface area (Å²) >= 11 is 0. The number of piperidine rings is 1. The van der Waals surface area contributed by atoms with Crippen LogP contribution in [0.5, 0.6) is 0 Å². The number of likely N-dealkylation sites (tertiary alicyclic amines) is 1. The van der Waals surface area contributed by atoms with Crippen LogP contribution in [0.1, 0.15) is 52.9 Å². The lowest BCUT2D eigenvalue weighted by molar-refractivity contribution is -0.0433. The molecule has 2 rings (SSSR count). The molecule has 0 bridgehead atoms. The molecule has 1 aliphatic carbocycles. The smallest absolute Gasteiger partial charge is 0.0209 e. The van der Waals surface area contributed by atoms with Crippen molar-refractivity contribution in [2.75, 3.05) is 13.6 Å². The van der Waals surface area contributed by atoms with Gasteiger partial charge in [0.15, 0.2) is 0 Å². The second kappa shape index (κ2) is 3.23. The van der Waals surface area contributed by atoms with Crippen molar-refractivity contribution < 1.29 is 0 Å². The summed E-state index contributed by atoms with van der Waals surface area (Å²) in [6, 6.07) is 0. The molecule has 82 valence electrons. The minimum Gasteiger partial charge on any atom is -0.301 e. The monoisotopic (exact) mass is 195 g/mol. The minimum absolute atomic E-state index is 0.518. The summed E-state index contributed by atoms with van der Waals surface area (Å²) < 4.78 is 0. The van der Waals surface area contributed by atoms with Crippen molar-refractivity contribution in [1.82, 2.24) is 4.90 Å². The van der Waals surface area contributed by atoms with E-state index in [0.29, 0.717) is 11.0 Å². The average molecular weight is 195 g/mol. The van der Waals surface area contributed by atoms with Crippen LogP contribution in [0.4, 0.5) is 0 Å². The van der Waals surface area contributed by atoms with E-state index in [1.54, 1.807) is 0 Å². The zero-order valence-electron chi connectivity index (χ0n) is 10.3. The van der Waals surface area contributed by atoms with E-state index in [9.17, 15) is 0 Å². The van der Waals surface area contributed by atoms with Gasteiger partial charge in [0.25, 0.3) is 0 Å². The van der Waals surface area contributed by atoms with E-state index in [2.05, 4.69) is 32.7 Å². The van der Waals surface area contributed by atoms with Crippen LogP contribution in [0.3, 0.4) is 0 Å². The second-order valence-corrected chi connectivity index (χ2v) is 6.56. The van der Waals surface area contributed by atoms with Gasteiger partial charge in [-0.05, 0) is 57.0 Å². The fourth-order valence-corrected chi connectivity index (χ4v) is 3.21. The summed E-state index contributed by atoms with van der Waals surface area (Å²) in [5.41, 5.74) is 1.14. The highest BCUT2D eigenvalue weighted by atomic mass is 15.2. The highest BCUT2D eigenvalue weighted by Gasteiger charge is 2.46. The largest absolute Gasteiger partial charge is 0.301 e. The van der Waals surface area contributed by atoms with Gasteiger partial charge in [-0.2, -0.15) is 0 Å². The Morgan fingerprint density at radius 3 is 2.29 bits per heavy atom. The standard InChI is InChI=1S/C13H25N/c1-12(2,3)11-6-9-14(4)13(10-11)7-5-8-13/h11H,5-10H2,1-4H3/t11-/m1/s1. The molecule has 1 saturated heterocycles. The topological polar surface area (TPSA) is 3.24 Å². The van der Waals surface area contributed by atoms with E-state index in [0.717, 1.165) is 5.92 Å². The summed E-state index contributed by atoms with van der Waals surface area (Å²) in [6.07, 6.45) is 7.22. The maximum absolute atomic E-state index is 2.64. The Bertz CT molecular complexity index is 210. The van der Waals surface area contributed by atoms with E-state index < -0.39 is 0 Å². The van der Waals surface area contributed by atoms with Crippen LogP contribution in [-0.4, -0.2) is 24.0 Å². The van der Waals surface area contributed by atoms with Gasteiger partial charge in [0.1, 0.15) is 0 Å². The van der Waals surface area contributed by atoms with Crippen LogP contribution < -0.4 is 0 Å². The maximum atomic E-state index is 2.64. The molecule has 1 nitrogen and oxygen atoms in total. The van der Waals surface area contributed by atoms with Gasteiger partial charge in [0.2, 0.25) is 0 Å². The molecule has 1 heterocycles. The molecule has 0 unspecified atom stereocenters. The van der Waals surface area contributed by atoms with E-state index in [-0.39, 0.29) is 0 Å². The average Bonchev–Trinajstić information content (AvgIpc) is 2.00. The molecule has 0 aromatic carbocycles. The molecule has 0 radical (unpaired) electrons. The second-order valence-electron chi connectivity index (χ2n) is 6.56. The van der Waals surface area contributed by atoms with Crippen molar-refractivity contribution in [3.05, 3.63) is 0 Å². The first kappa shape index (κ1) is 10.5. The van der Waals surface area contributed by atoms with Crippen LogP contribution >= 0.6 is 0 Å². The Morgan fingerprint density at radius 1 is 1.21 bits per heavy atom. The molecular formula is C13H25N. The molecule has 1 heteroatoms. The Hall–Kier alpha value is -0.0400. The predicted molar refractivity (Wildman–Crippen MR) is 61.4 cm³/mol. The van der Waals surface area contributed by atoms with E-state index in [1.165, 1.54) is 38.6 Å². The highest BCUT2D eigenvalue weighted by Crippen LogP contribution is 2.49. The normalized spacial score (nSPS) is 33.0. The molecule has 1 aliphatic heterocycles. The van der Waals surface area contributed by atoms with Gasteiger partial charge in [-0.15, -0.1) is 0 Å². The molecular weight excluding hydrogens is 170 g/mol. The zero-order chi connectivity index (χ0) is 10.4. The van der Waals surface area contributed by atoms with Crippen LogP contribution in [0.2, 0.25) is 0 Å². The molecule has 0 aromatic rings. The third kappa shape index (κ3) is 1.60. The molecule has 1 saturated carbocycles. The fraction of sp³-hybridized carbons (Fsp3) is 1.00. The number of nitrogens with zero attached hydrogens (tertiary/aromatic N) is 1. The molecule has 1 spiro atoms. The number of rotatable bonds is 0. The number of hydrogen-bond donors (Lipinski definition) is 0. The Labute approximate surface area is 88.9 Å². The van der Waals surface area contributed by atoms with Crippen LogP contribution in [0, 0.1) is 11.3 Å². The SMILES string of the molecule is CN1CC[C@@H](C(C)(C)C)CC12CCC2. The lowest BCUT2D eigenvalue weighted by Gasteiger charge is -2.56. The lowest BCUT2D eigenvalue weighted by Crippen LogP contribution is -2.57. The summed E-state index contributed by atoms with van der Waals surface area (Å²) in [5, 5.41) is 0. The molecule has 0 aromatic heterocycles. The summed E-state index contributed by atoms with van der Waals surface area (Å²) in [7, 11) is 2.33. The van der Waals surface area contributed by atoms with Crippen LogP contribution in [0.15, 0.2) is 0 Å². The van der Waals surface area contributed by atoms with Gasteiger partial charge in [-0.1, -0.05) is 20.8 Å². The summed E-state index contributed by atoms with van der Waals surface area (Å²) in [4.78, 5) is 2.64. The van der Waals surface area contributed by atoms with Crippen LogP contribution in [0.25, 0.3) is 0 Å². The predicted octanol–water partition coefficient (Wildman–Crippen LogP) is 3.30. The maximum Gasteiger partial charge on any atom is 0.0209 e. The Morgan fingerprint density at radius 2 is 1.86 bits per heavy atom. The third-order valence-corrected chi connectivity index (χ3v) is 4.76. The van der Waals surface area contributed by atoms with Crippen molar-refractivity contribution >= 4 is 0 Å². The lowest BCUT2D eigenvalue weighted by atomic mass is 9.62.